The number of aromatic nitrogens is 2. The Morgan fingerprint density at radius 1 is 1.18 bits per heavy atom. The van der Waals surface area contributed by atoms with Gasteiger partial charge >= 0.3 is 0 Å². The van der Waals surface area contributed by atoms with Crippen molar-refractivity contribution in [1.82, 2.24) is 24.5 Å². The molecule has 1 N–H and O–H groups in total. The summed E-state index contributed by atoms with van der Waals surface area (Å²) in [4.78, 5) is 25.1. The second-order valence-corrected chi connectivity index (χ2v) is 9.89. The topological polar surface area (TPSA) is 95.5 Å². The van der Waals surface area contributed by atoms with Gasteiger partial charge in [-0.15, -0.1) is 0 Å². The lowest BCUT2D eigenvalue weighted by Crippen LogP contribution is -2.52. The largest absolute Gasteiger partial charge is 0.337 e. The third kappa shape index (κ3) is 5.00. The minimum atomic E-state index is -3.14. The molecule has 3 heterocycles. The van der Waals surface area contributed by atoms with Gasteiger partial charge in [0.25, 0.3) is 5.91 Å². The first-order valence-corrected chi connectivity index (χ1v) is 11.8. The van der Waals surface area contributed by atoms with Crippen LogP contribution >= 0.6 is 11.6 Å². The summed E-state index contributed by atoms with van der Waals surface area (Å²) in [6, 6.07) is 0.469. The maximum atomic E-state index is 12.8. The molecular formula is C18H28ClN5O3S. The standard InChI is InChI=1S/C18H28ClN5O3S/c1-3-28(26,27)22-14-4-8-23(9-5-14)15-6-10-24(11-7-15)18(25)16-13(2)17(19)21-12-20-16/h12,14-15,22H,3-11H2,1-2H3. The Balaban J connectivity index is 1.50. The first kappa shape index (κ1) is 21.4. The SMILES string of the molecule is CCS(=O)(=O)NC1CCN(C2CCN(C(=O)c3ncnc(Cl)c3C)CC2)CC1. The predicted octanol–water partition coefficient (Wildman–Crippen LogP) is 1.45. The van der Waals surface area contributed by atoms with Crippen molar-refractivity contribution in [1.29, 1.82) is 0 Å². The number of halogens is 1. The molecule has 8 nitrogen and oxygen atoms in total. The lowest BCUT2D eigenvalue weighted by atomic mass is 9.98. The summed E-state index contributed by atoms with van der Waals surface area (Å²) >= 11 is 6.01. The van der Waals surface area contributed by atoms with E-state index < -0.39 is 10.0 Å². The number of hydrogen-bond acceptors (Lipinski definition) is 6. The molecule has 0 spiro atoms. The number of sulfonamides is 1. The van der Waals surface area contributed by atoms with Gasteiger partial charge in [-0.2, -0.15) is 0 Å². The number of likely N-dealkylation sites (tertiary alicyclic amines) is 2. The quantitative estimate of drug-likeness (QED) is 0.711. The van der Waals surface area contributed by atoms with Crippen molar-refractivity contribution in [2.45, 2.75) is 51.6 Å². The number of rotatable bonds is 5. The van der Waals surface area contributed by atoms with Gasteiger partial charge in [0.2, 0.25) is 10.0 Å². The fourth-order valence-corrected chi connectivity index (χ4v) is 4.99. The number of amides is 1. The maximum absolute atomic E-state index is 12.8. The zero-order chi connectivity index (χ0) is 20.3. The van der Waals surface area contributed by atoms with Crippen LogP contribution in [0.1, 0.15) is 48.7 Å². The van der Waals surface area contributed by atoms with Crippen molar-refractivity contribution >= 4 is 27.5 Å². The molecule has 2 saturated heterocycles. The van der Waals surface area contributed by atoms with Crippen LogP contribution in [0.3, 0.4) is 0 Å². The molecule has 2 fully saturated rings. The minimum Gasteiger partial charge on any atom is -0.337 e. The van der Waals surface area contributed by atoms with E-state index >= 15 is 0 Å². The lowest BCUT2D eigenvalue weighted by Gasteiger charge is -2.41. The molecule has 0 aliphatic carbocycles. The molecule has 0 radical (unpaired) electrons. The Morgan fingerprint density at radius 3 is 2.43 bits per heavy atom. The van der Waals surface area contributed by atoms with E-state index in [2.05, 4.69) is 19.6 Å². The van der Waals surface area contributed by atoms with Crippen LogP contribution in [-0.4, -0.2) is 78.1 Å². The van der Waals surface area contributed by atoms with E-state index in [-0.39, 0.29) is 17.7 Å². The predicted molar refractivity (Wildman–Crippen MR) is 108 cm³/mol. The summed E-state index contributed by atoms with van der Waals surface area (Å²) in [6.45, 7) is 6.56. The number of hydrogen-bond donors (Lipinski definition) is 1. The number of carbonyl (C=O) groups excluding carboxylic acids is 1. The monoisotopic (exact) mass is 429 g/mol. The molecule has 1 aromatic heterocycles. The van der Waals surface area contributed by atoms with E-state index in [1.807, 2.05) is 4.90 Å². The first-order valence-electron chi connectivity index (χ1n) is 9.81. The smallest absolute Gasteiger partial charge is 0.272 e. The Bertz CT molecular complexity index is 803. The second-order valence-electron chi connectivity index (χ2n) is 7.49. The van der Waals surface area contributed by atoms with Crippen molar-refractivity contribution in [3.05, 3.63) is 22.7 Å². The Hall–Kier alpha value is -1.29. The molecule has 1 amide bonds. The number of piperidine rings is 2. The normalized spacial score (nSPS) is 20.5. The van der Waals surface area contributed by atoms with Crippen LogP contribution in [0.15, 0.2) is 6.33 Å². The van der Waals surface area contributed by atoms with Gasteiger partial charge in [-0.05, 0) is 52.6 Å². The highest BCUT2D eigenvalue weighted by atomic mass is 35.5. The third-order valence-electron chi connectivity index (χ3n) is 5.75. The van der Waals surface area contributed by atoms with Gasteiger partial charge in [-0.25, -0.2) is 23.1 Å². The lowest BCUT2D eigenvalue weighted by molar-refractivity contribution is 0.0570. The Morgan fingerprint density at radius 2 is 1.82 bits per heavy atom. The van der Waals surface area contributed by atoms with Crippen LogP contribution in [0, 0.1) is 6.92 Å². The summed E-state index contributed by atoms with van der Waals surface area (Å²) in [7, 11) is -3.14. The van der Waals surface area contributed by atoms with E-state index in [0.717, 1.165) is 38.8 Å². The number of nitrogens with zero attached hydrogens (tertiary/aromatic N) is 4. The van der Waals surface area contributed by atoms with E-state index in [9.17, 15) is 13.2 Å². The van der Waals surface area contributed by atoms with Gasteiger partial charge in [0.1, 0.15) is 17.2 Å². The molecule has 0 unspecified atom stereocenters. The molecule has 10 heteroatoms. The molecule has 0 bridgehead atoms. The van der Waals surface area contributed by atoms with E-state index in [0.29, 0.717) is 35.5 Å². The fourth-order valence-electron chi connectivity index (χ4n) is 3.95. The number of nitrogens with one attached hydrogen (secondary N) is 1. The Kier molecular flexibility index (Phi) is 6.90. The van der Waals surface area contributed by atoms with Crippen LogP contribution in [0.4, 0.5) is 0 Å². The molecule has 3 rings (SSSR count). The molecule has 0 aromatic carbocycles. The van der Waals surface area contributed by atoms with Crippen LogP contribution in [0.5, 0.6) is 0 Å². The van der Waals surface area contributed by atoms with Gasteiger partial charge in [0.15, 0.2) is 0 Å². The second kappa shape index (κ2) is 9.02. The molecule has 1 aromatic rings. The van der Waals surface area contributed by atoms with Gasteiger partial charge in [-0.3, -0.25) is 4.79 Å². The van der Waals surface area contributed by atoms with Crippen LogP contribution < -0.4 is 4.72 Å². The van der Waals surface area contributed by atoms with Gasteiger partial charge in [-0.1, -0.05) is 11.6 Å². The highest BCUT2D eigenvalue weighted by Crippen LogP contribution is 2.23. The summed E-state index contributed by atoms with van der Waals surface area (Å²) in [5.41, 5.74) is 0.996. The highest BCUT2D eigenvalue weighted by Gasteiger charge is 2.31. The van der Waals surface area contributed by atoms with Gasteiger partial charge in [0.05, 0.1) is 5.75 Å². The maximum Gasteiger partial charge on any atom is 0.272 e. The van der Waals surface area contributed by atoms with Crippen LogP contribution in [0.2, 0.25) is 5.15 Å². The average Bonchev–Trinajstić information content (AvgIpc) is 2.70. The number of carbonyl (C=O) groups is 1. The van der Waals surface area contributed by atoms with Crippen molar-refractivity contribution in [3.8, 4) is 0 Å². The summed E-state index contributed by atoms with van der Waals surface area (Å²) in [5.74, 6) is 0.0319. The Labute approximate surface area is 171 Å². The zero-order valence-electron chi connectivity index (χ0n) is 16.4. The van der Waals surface area contributed by atoms with Crippen molar-refractivity contribution < 1.29 is 13.2 Å². The molecule has 28 heavy (non-hydrogen) atoms. The molecule has 156 valence electrons. The molecule has 2 aliphatic rings. The van der Waals surface area contributed by atoms with E-state index in [1.165, 1.54) is 6.33 Å². The molecular weight excluding hydrogens is 402 g/mol. The minimum absolute atomic E-state index is 0.0355. The van der Waals surface area contributed by atoms with Crippen LogP contribution in [-0.2, 0) is 10.0 Å². The fraction of sp³-hybridized carbons (Fsp3) is 0.722. The third-order valence-corrected chi connectivity index (χ3v) is 7.58. The van der Waals surface area contributed by atoms with Crippen molar-refractivity contribution in [2.75, 3.05) is 31.9 Å². The average molecular weight is 430 g/mol. The summed E-state index contributed by atoms with van der Waals surface area (Å²) < 4.78 is 26.3. The van der Waals surface area contributed by atoms with Crippen molar-refractivity contribution in [2.24, 2.45) is 0 Å². The molecule has 0 atom stereocenters. The molecule has 0 saturated carbocycles. The van der Waals surface area contributed by atoms with Gasteiger partial charge in [0, 0.05) is 30.7 Å². The van der Waals surface area contributed by atoms with Gasteiger partial charge < -0.3 is 9.80 Å². The van der Waals surface area contributed by atoms with E-state index in [1.54, 1.807) is 13.8 Å². The van der Waals surface area contributed by atoms with E-state index in [4.69, 9.17) is 11.6 Å². The summed E-state index contributed by atoms with van der Waals surface area (Å²) in [5, 5.41) is 0.315. The van der Waals surface area contributed by atoms with Crippen molar-refractivity contribution in [3.63, 3.8) is 0 Å². The van der Waals surface area contributed by atoms with Crippen LogP contribution in [0.25, 0.3) is 0 Å². The highest BCUT2D eigenvalue weighted by molar-refractivity contribution is 7.89. The first-order chi connectivity index (χ1) is 13.3. The molecule has 2 aliphatic heterocycles. The zero-order valence-corrected chi connectivity index (χ0v) is 18.0. The summed E-state index contributed by atoms with van der Waals surface area (Å²) in [6.07, 6.45) is 4.81.